The lowest BCUT2D eigenvalue weighted by atomic mass is 10.1. The van der Waals surface area contributed by atoms with Gasteiger partial charge in [0.2, 0.25) is 10.0 Å². The quantitative estimate of drug-likeness (QED) is 0.761. The van der Waals surface area contributed by atoms with Gasteiger partial charge >= 0.3 is 0 Å². The second-order valence-corrected chi connectivity index (χ2v) is 5.81. The van der Waals surface area contributed by atoms with Gasteiger partial charge in [0.05, 0.1) is 0 Å². The zero-order chi connectivity index (χ0) is 11.5. The molecule has 1 unspecified atom stereocenters. The number of pyridine rings is 1. The Morgan fingerprint density at radius 2 is 2.00 bits per heavy atom. The van der Waals surface area contributed by atoms with Crippen LogP contribution in [0.4, 0.5) is 0 Å². The van der Waals surface area contributed by atoms with Gasteiger partial charge in [-0.3, -0.25) is 4.98 Å². The van der Waals surface area contributed by atoms with Crippen molar-refractivity contribution in [3.8, 4) is 0 Å². The molecule has 0 fully saturated rings. The molecule has 0 aliphatic rings. The van der Waals surface area contributed by atoms with Gasteiger partial charge in [0, 0.05) is 25.5 Å². The lowest BCUT2D eigenvalue weighted by Gasteiger charge is -2.23. The van der Waals surface area contributed by atoms with E-state index in [0.717, 1.165) is 5.56 Å². The van der Waals surface area contributed by atoms with Gasteiger partial charge in [0.1, 0.15) is 5.21 Å². The Labute approximate surface area is 94.9 Å². The summed E-state index contributed by atoms with van der Waals surface area (Å²) in [5.41, 5.74) is 0.890. The smallest absolute Gasteiger partial charge is 0.228 e. The first-order chi connectivity index (χ1) is 6.99. The molecule has 0 aliphatic carbocycles. The molecule has 0 N–H and O–H groups in total. The first kappa shape index (κ1) is 12.4. The maximum Gasteiger partial charge on any atom is 0.228 e. The number of alkyl halides is 1. The fourth-order valence-corrected chi connectivity index (χ4v) is 2.39. The summed E-state index contributed by atoms with van der Waals surface area (Å²) < 4.78 is 24.2. The van der Waals surface area contributed by atoms with Crippen molar-refractivity contribution in [2.45, 2.75) is 13.0 Å². The summed E-state index contributed by atoms with van der Waals surface area (Å²) in [5.74, 6) is 0. The van der Waals surface area contributed by atoms with Crippen molar-refractivity contribution in [1.82, 2.24) is 9.29 Å². The number of rotatable bonds is 4. The zero-order valence-electron chi connectivity index (χ0n) is 8.59. The predicted molar refractivity (Wildman–Crippen MR) is 60.1 cm³/mol. The van der Waals surface area contributed by atoms with Crippen LogP contribution in [0.1, 0.15) is 18.5 Å². The van der Waals surface area contributed by atoms with Crippen LogP contribution < -0.4 is 0 Å². The minimum atomic E-state index is -3.37. The van der Waals surface area contributed by atoms with E-state index in [2.05, 4.69) is 4.98 Å². The van der Waals surface area contributed by atoms with E-state index in [0.29, 0.717) is 0 Å². The van der Waals surface area contributed by atoms with Crippen molar-refractivity contribution in [3.63, 3.8) is 0 Å². The van der Waals surface area contributed by atoms with Crippen LogP contribution in [-0.2, 0) is 10.0 Å². The van der Waals surface area contributed by atoms with Crippen LogP contribution in [0.3, 0.4) is 0 Å². The summed E-state index contributed by atoms with van der Waals surface area (Å²) >= 11 is 5.38. The largest absolute Gasteiger partial charge is 0.265 e. The molecule has 6 heteroatoms. The first-order valence-electron chi connectivity index (χ1n) is 4.40. The van der Waals surface area contributed by atoms with Crippen LogP contribution in [0, 0.1) is 0 Å². The van der Waals surface area contributed by atoms with Gasteiger partial charge < -0.3 is 0 Å². The van der Waals surface area contributed by atoms with Gasteiger partial charge in [-0.2, -0.15) is 4.31 Å². The van der Waals surface area contributed by atoms with Crippen molar-refractivity contribution in [2.75, 3.05) is 12.3 Å². The van der Waals surface area contributed by atoms with Crippen molar-refractivity contribution in [1.29, 1.82) is 0 Å². The molecule has 84 valence electrons. The van der Waals surface area contributed by atoms with Gasteiger partial charge in [0.25, 0.3) is 0 Å². The molecule has 0 saturated heterocycles. The Hall–Kier alpha value is -0.650. The standard InChI is InChI=1S/C9H13ClN2O2S/c1-8(9-3-5-11-6-4-9)12(2)15(13,14)7-10/h3-6,8H,7H2,1-2H3. The molecule has 1 heterocycles. The molecule has 1 aromatic rings. The van der Waals surface area contributed by atoms with Crippen molar-refractivity contribution < 1.29 is 8.42 Å². The van der Waals surface area contributed by atoms with Gasteiger partial charge in [-0.1, -0.05) is 0 Å². The third-order valence-corrected chi connectivity index (χ3v) is 4.61. The molecule has 1 aromatic heterocycles. The first-order valence-corrected chi connectivity index (χ1v) is 6.55. The van der Waals surface area contributed by atoms with Gasteiger partial charge in [0.15, 0.2) is 0 Å². The highest BCUT2D eigenvalue weighted by molar-refractivity contribution is 7.90. The average molecular weight is 249 g/mol. The monoisotopic (exact) mass is 248 g/mol. The number of sulfonamides is 1. The van der Waals surface area contributed by atoms with Gasteiger partial charge in [-0.15, -0.1) is 11.6 Å². The van der Waals surface area contributed by atoms with E-state index in [1.54, 1.807) is 31.5 Å². The summed E-state index contributed by atoms with van der Waals surface area (Å²) in [6.45, 7) is 1.80. The maximum absolute atomic E-state index is 11.5. The van der Waals surface area contributed by atoms with Crippen LogP contribution in [0.25, 0.3) is 0 Å². The number of aromatic nitrogens is 1. The van der Waals surface area contributed by atoms with Gasteiger partial charge in [-0.05, 0) is 24.6 Å². The molecule has 0 radical (unpaired) electrons. The molecule has 0 aliphatic heterocycles. The molecule has 4 nitrogen and oxygen atoms in total. The second kappa shape index (κ2) is 4.92. The highest BCUT2D eigenvalue weighted by Gasteiger charge is 2.22. The van der Waals surface area contributed by atoms with Gasteiger partial charge in [-0.25, -0.2) is 8.42 Å². The third kappa shape index (κ3) is 2.90. The van der Waals surface area contributed by atoms with Crippen LogP contribution >= 0.6 is 11.6 Å². The normalized spacial score (nSPS) is 14.1. The molecule has 0 aromatic carbocycles. The molecule has 0 spiro atoms. The Bertz CT molecular complexity index is 407. The molecule has 15 heavy (non-hydrogen) atoms. The molecular weight excluding hydrogens is 236 g/mol. The lowest BCUT2D eigenvalue weighted by molar-refractivity contribution is 0.401. The molecular formula is C9H13ClN2O2S. The molecule has 0 amide bonds. The fourth-order valence-electron chi connectivity index (χ4n) is 1.17. The van der Waals surface area contributed by atoms with Crippen LogP contribution in [0.5, 0.6) is 0 Å². The minimum Gasteiger partial charge on any atom is -0.265 e. The Balaban J connectivity index is 2.92. The molecule has 0 bridgehead atoms. The number of halogens is 1. The van der Waals surface area contributed by atoms with E-state index in [1.807, 2.05) is 0 Å². The third-order valence-electron chi connectivity index (χ3n) is 2.31. The van der Waals surface area contributed by atoms with E-state index >= 15 is 0 Å². The van der Waals surface area contributed by atoms with Crippen LogP contribution in [0.2, 0.25) is 0 Å². The molecule has 1 rings (SSSR count). The van der Waals surface area contributed by atoms with Crippen molar-refractivity contribution in [2.24, 2.45) is 0 Å². The maximum atomic E-state index is 11.5. The SMILES string of the molecule is CC(c1ccncc1)N(C)S(=O)(=O)CCl. The number of hydrogen-bond donors (Lipinski definition) is 0. The van der Waals surface area contributed by atoms with Crippen LogP contribution in [-0.4, -0.2) is 30.0 Å². The summed E-state index contributed by atoms with van der Waals surface area (Å²) in [7, 11) is -1.85. The molecule has 1 atom stereocenters. The van der Waals surface area contributed by atoms with Crippen LogP contribution in [0.15, 0.2) is 24.5 Å². The Kier molecular flexibility index (Phi) is 4.07. The average Bonchev–Trinajstić information content (AvgIpc) is 2.28. The van der Waals surface area contributed by atoms with E-state index in [4.69, 9.17) is 11.6 Å². The molecule has 0 saturated carbocycles. The van der Waals surface area contributed by atoms with E-state index in [1.165, 1.54) is 11.4 Å². The van der Waals surface area contributed by atoms with E-state index < -0.39 is 15.2 Å². The topological polar surface area (TPSA) is 50.3 Å². The Morgan fingerprint density at radius 1 is 1.47 bits per heavy atom. The van der Waals surface area contributed by atoms with Crippen molar-refractivity contribution >= 4 is 21.6 Å². The highest BCUT2D eigenvalue weighted by atomic mass is 35.5. The van der Waals surface area contributed by atoms with E-state index in [-0.39, 0.29) is 6.04 Å². The summed E-state index contributed by atoms with van der Waals surface area (Å²) in [6.07, 6.45) is 3.26. The lowest BCUT2D eigenvalue weighted by Crippen LogP contribution is -2.30. The summed E-state index contributed by atoms with van der Waals surface area (Å²) in [6, 6.07) is 3.33. The predicted octanol–water partition coefficient (Wildman–Crippen LogP) is 1.60. The van der Waals surface area contributed by atoms with Crippen molar-refractivity contribution in [3.05, 3.63) is 30.1 Å². The second-order valence-electron chi connectivity index (χ2n) is 3.19. The summed E-state index contributed by atoms with van der Waals surface area (Å²) in [5, 5.41) is -0.404. The zero-order valence-corrected chi connectivity index (χ0v) is 10.2. The minimum absolute atomic E-state index is 0.239. The summed E-state index contributed by atoms with van der Waals surface area (Å²) in [4.78, 5) is 3.88. The Morgan fingerprint density at radius 3 is 2.47 bits per heavy atom. The highest BCUT2D eigenvalue weighted by Crippen LogP contribution is 2.21. The number of nitrogens with zero attached hydrogens (tertiary/aromatic N) is 2. The fraction of sp³-hybridized carbons (Fsp3) is 0.444. The number of hydrogen-bond acceptors (Lipinski definition) is 3. The van der Waals surface area contributed by atoms with E-state index in [9.17, 15) is 8.42 Å².